The van der Waals surface area contributed by atoms with E-state index in [1.54, 1.807) is 0 Å². The highest BCUT2D eigenvalue weighted by Crippen LogP contribution is 2.45. The van der Waals surface area contributed by atoms with Gasteiger partial charge in [0, 0.05) is 18.9 Å². The lowest BCUT2D eigenvalue weighted by atomic mass is 9.91. The number of ether oxygens (including phenoxy) is 1. The molecule has 1 aromatic carbocycles. The van der Waals surface area contributed by atoms with Gasteiger partial charge in [0.25, 0.3) is 0 Å². The third kappa shape index (κ3) is 5.85. The Hall–Kier alpha value is -0.943. The Morgan fingerprint density at radius 2 is 1.60 bits per heavy atom. The van der Waals surface area contributed by atoms with Gasteiger partial charge in [0.1, 0.15) is 0 Å². The van der Waals surface area contributed by atoms with Crippen LogP contribution in [0.3, 0.4) is 0 Å². The zero-order valence-corrected chi connectivity index (χ0v) is 21.2. The number of allylic oxidation sites excluding steroid dienone is 2. The van der Waals surface area contributed by atoms with Crippen LogP contribution in [-0.2, 0) is 15.8 Å². The molecule has 0 spiro atoms. The molecule has 0 aromatic heterocycles. The second kappa shape index (κ2) is 11.6. The number of rotatable bonds is 11. The molecule has 1 aliphatic rings. The minimum absolute atomic E-state index is 0.0358. The molecule has 1 aromatic rings. The van der Waals surface area contributed by atoms with Gasteiger partial charge in [-0.2, -0.15) is 0 Å². The second-order valence-electron chi connectivity index (χ2n) is 9.90. The third-order valence-electron chi connectivity index (χ3n) is 7.18. The highest BCUT2D eigenvalue weighted by atomic mass is 28.4. The van der Waals surface area contributed by atoms with Gasteiger partial charge in [-0.3, -0.25) is 0 Å². The SMILES string of the molecule is C/C=C\C[C@@H]1[C@@H](CO[Si](C(C)C)(C(C)C)C(C)C)[C@H](OCc2ccccc2)C[C@@H]1O. The van der Waals surface area contributed by atoms with E-state index in [4.69, 9.17) is 9.16 Å². The van der Waals surface area contributed by atoms with Crippen LogP contribution < -0.4 is 0 Å². The Labute approximate surface area is 186 Å². The molecule has 1 N–H and O–H groups in total. The van der Waals surface area contributed by atoms with Crippen molar-refractivity contribution in [3.8, 4) is 0 Å². The topological polar surface area (TPSA) is 38.7 Å². The predicted octanol–water partition coefficient (Wildman–Crippen LogP) is 6.73. The molecule has 0 heterocycles. The van der Waals surface area contributed by atoms with Crippen LogP contribution in [0, 0.1) is 11.8 Å². The average molecular weight is 433 g/mol. The van der Waals surface area contributed by atoms with Gasteiger partial charge >= 0.3 is 0 Å². The molecule has 0 aliphatic heterocycles. The Morgan fingerprint density at radius 1 is 1.00 bits per heavy atom. The first kappa shape index (κ1) is 25.3. The van der Waals surface area contributed by atoms with Gasteiger partial charge in [-0.05, 0) is 41.4 Å². The molecule has 0 unspecified atom stereocenters. The molecule has 0 amide bonds. The van der Waals surface area contributed by atoms with Crippen molar-refractivity contribution in [1.82, 2.24) is 0 Å². The molecule has 0 saturated heterocycles. The van der Waals surface area contributed by atoms with Gasteiger partial charge in [-0.25, -0.2) is 0 Å². The summed E-state index contributed by atoms with van der Waals surface area (Å²) >= 11 is 0. The molecule has 170 valence electrons. The van der Waals surface area contributed by atoms with E-state index >= 15 is 0 Å². The fourth-order valence-corrected chi connectivity index (χ4v) is 11.2. The van der Waals surface area contributed by atoms with Gasteiger partial charge in [0.15, 0.2) is 8.32 Å². The van der Waals surface area contributed by atoms with Crippen molar-refractivity contribution in [3.63, 3.8) is 0 Å². The van der Waals surface area contributed by atoms with Crippen LogP contribution in [0.2, 0.25) is 16.6 Å². The molecule has 1 fully saturated rings. The Bertz CT molecular complexity index is 619. The Morgan fingerprint density at radius 3 is 2.13 bits per heavy atom. The lowest BCUT2D eigenvalue weighted by molar-refractivity contribution is -0.00769. The molecular formula is C26H44O3Si. The Balaban J connectivity index is 2.19. The molecule has 0 bridgehead atoms. The van der Waals surface area contributed by atoms with Gasteiger partial charge in [-0.15, -0.1) is 0 Å². The van der Waals surface area contributed by atoms with Crippen molar-refractivity contribution in [2.75, 3.05) is 6.61 Å². The fourth-order valence-electron chi connectivity index (χ4n) is 5.71. The van der Waals surface area contributed by atoms with E-state index in [0.29, 0.717) is 36.3 Å². The number of benzene rings is 1. The zero-order chi connectivity index (χ0) is 22.3. The normalized spacial score (nSPS) is 25.3. The highest BCUT2D eigenvalue weighted by molar-refractivity contribution is 6.77. The number of aliphatic hydroxyl groups excluding tert-OH is 1. The standard InChI is InChI=1S/C26H44O3Si/c1-8-9-15-23-24(18-29-30(19(2)3,20(4)5)21(6)7)26(16-25(23)27)28-17-22-13-11-10-12-14-22/h8-14,19-21,23-27H,15-18H2,1-7H3/b9-8-/t23-,24-,25+,26-/m1/s1. The summed E-state index contributed by atoms with van der Waals surface area (Å²) < 4.78 is 13.3. The molecule has 1 aliphatic carbocycles. The summed E-state index contributed by atoms with van der Waals surface area (Å²) in [5.74, 6) is 0.420. The second-order valence-corrected chi connectivity index (χ2v) is 15.4. The van der Waals surface area contributed by atoms with E-state index < -0.39 is 8.32 Å². The molecular weight excluding hydrogens is 388 g/mol. The van der Waals surface area contributed by atoms with Crippen LogP contribution in [0.5, 0.6) is 0 Å². The van der Waals surface area contributed by atoms with Crippen molar-refractivity contribution in [2.45, 2.75) is 96.7 Å². The van der Waals surface area contributed by atoms with Crippen LogP contribution in [0.4, 0.5) is 0 Å². The highest BCUT2D eigenvalue weighted by Gasteiger charge is 2.48. The van der Waals surface area contributed by atoms with E-state index in [1.807, 2.05) is 25.1 Å². The quantitative estimate of drug-likeness (QED) is 0.311. The molecule has 1 saturated carbocycles. The number of aliphatic hydroxyl groups is 1. The van der Waals surface area contributed by atoms with Crippen molar-refractivity contribution in [2.24, 2.45) is 11.8 Å². The lowest BCUT2D eigenvalue weighted by Crippen LogP contribution is -2.49. The van der Waals surface area contributed by atoms with Crippen molar-refractivity contribution >= 4 is 8.32 Å². The summed E-state index contributed by atoms with van der Waals surface area (Å²) in [6.45, 7) is 17.3. The van der Waals surface area contributed by atoms with E-state index in [-0.39, 0.29) is 24.0 Å². The van der Waals surface area contributed by atoms with Crippen molar-refractivity contribution in [3.05, 3.63) is 48.0 Å². The third-order valence-corrected chi connectivity index (χ3v) is 13.3. The maximum absolute atomic E-state index is 10.9. The summed E-state index contributed by atoms with van der Waals surface area (Å²) in [5.41, 5.74) is 2.85. The monoisotopic (exact) mass is 432 g/mol. The first-order chi connectivity index (χ1) is 14.2. The summed E-state index contributed by atoms with van der Waals surface area (Å²) in [5, 5.41) is 10.9. The van der Waals surface area contributed by atoms with Gasteiger partial charge in [-0.1, -0.05) is 84.0 Å². The first-order valence-electron chi connectivity index (χ1n) is 11.8. The minimum atomic E-state index is -1.95. The molecule has 30 heavy (non-hydrogen) atoms. The van der Waals surface area contributed by atoms with Crippen molar-refractivity contribution in [1.29, 1.82) is 0 Å². The zero-order valence-electron chi connectivity index (χ0n) is 20.2. The fraction of sp³-hybridized carbons (Fsp3) is 0.692. The summed E-state index contributed by atoms with van der Waals surface area (Å²) in [4.78, 5) is 0. The molecule has 4 heteroatoms. The van der Waals surface area contributed by atoms with E-state index in [1.165, 1.54) is 5.56 Å². The van der Waals surface area contributed by atoms with Crippen LogP contribution in [0.15, 0.2) is 42.5 Å². The number of hydrogen-bond acceptors (Lipinski definition) is 3. The maximum Gasteiger partial charge on any atom is 0.200 e. The van der Waals surface area contributed by atoms with Crippen LogP contribution >= 0.6 is 0 Å². The molecule has 4 atom stereocenters. The van der Waals surface area contributed by atoms with Crippen LogP contribution in [0.25, 0.3) is 0 Å². The van der Waals surface area contributed by atoms with Crippen LogP contribution in [0.1, 0.15) is 66.9 Å². The molecule has 2 rings (SSSR count). The van der Waals surface area contributed by atoms with E-state index in [0.717, 1.165) is 6.42 Å². The molecule has 0 radical (unpaired) electrons. The summed E-state index contributed by atoms with van der Waals surface area (Å²) in [6, 6.07) is 10.3. The minimum Gasteiger partial charge on any atom is -0.416 e. The largest absolute Gasteiger partial charge is 0.416 e. The lowest BCUT2D eigenvalue weighted by Gasteiger charge is -2.43. The van der Waals surface area contributed by atoms with Gasteiger partial charge in [0.2, 0.25) is 0 Å². The first-order valence-corrected chi connectivity index (χ1v) is 14.0. The van der Waals surface area contributed by atoms with Crippen molar-refractivity contribution < 1.29 is 14.3 Å². The molecule has 3 nitrogen and oxygen atoms in total. The number of hydrogen-bond donors (Lipinski definition) is 1. The average Bonchev–Trinajstić information content (AvgIpc) is 2.99. The van der Waals surface area contributed by atoms with Gasteiger partial charge < -0.3 is 14.3 Å². The predicted molar refractivity (Wildman–Crippen MR) is 129 cm³/mol. The van der Waals surface area contributed by atoms with E-state index in [9.17, 15) is 5.11 Å². The smallest absolute Gasteiger partial charge is 0.200 e. The summed E-state index contributed by atoms with van der Waals surface area (Å²) in [7, 11) is -1.95. The van der Waals surface area contributed by atoms with Gasteiger partial charge in [0.05, 0.1) is 18.8 Å². The summed E-state index contributed by atoms with van der Waals surface area (Å²) in [6.07, 6.45) is 5.55. The maximum atomic E-state index is 10.9. The van der Waals surface area contributed by atoms with E-state index in [2.05, 4.69) is 65.8 Å². The van der Waals surface area contributed by atoms with Crippen LogP contribution in [-0.4, -0.2) is 32.2 Å². The Kier molecular flexibility index (Phi) is 9.80.